The summed E-state index contributed by atoms with van der Waals surface area (Å²) in [6.07, 6.45) is -4.71. The summed E-state index contributed by atoms with van der Waals surface area (Å²) in [6.45, 7) is 0.439. The standard InChI is InChI=1S/C12H8BrF3INO2/c13-9-5-7(1-3-10(9)20-12(14,15)16)18-6-8-2-4-11(17)19-8/h1-5,18H,6H2. The molecule has 0 saturated carbocycles. The van der Waals surface area contributed by atoms with Crippen molar-refractivity contribution in [3.05, 3.63) is 44.3 Å². The summed E-state index contributed by atoms with van der Waals surface area (Å²) in [4.78, 5) is 0. The average Bonchev–Trinajstić information content (AvgIpc) is 2.74. The lowest BCUT2D eigenvalue weighted by Crippen LogP contribution is -2.17. The van der Waals surface area contributed by atoms with Crippen LogP contribution in [0.5, 0.6) is 5.75 Å². The minimum atomic E-state index is -4.71. The van der Waals surface area contributed by atoms with Crippen molar-refractivity contribution in [2.24, 2.45) is 0 Å². The highest BCUT2D eigenvalue weighted by Crippen LogP contribution is 2.32. The molecular formula is C12H8BrF3INO2. The second-order valence-electron chi connectivity index (χ2n) is 3.75. The Balaban J connectivity index is 2.01. The minimum absolute atomic E-state index is 0.217. The fraction of sp³-hybridized carbons (Fsp3) is 0.167. The van der Waals surface area contributed by atoms with Crippen LogP contribution in [-0.4, -0.2) is 6.36 Å². The van der Waals surface area contributed by atoms with Gasteiger partial charge in [-0.15, -0.1) is 13.2 Å². The number of ether oxygens (including phenoxy) is 1. The Labute approximate surface area is 134 Å². The van der Waals surface area contributed by atoms with Gasteiger partial charge in [0.05, 0.1) is 11.0 Å². The maximum absolute atomic E-state index is 12.1. The lowest BCUT2D eigenvalue weighted by Gasteiger charge is -2.12. The van der Waals surface area contributed by atoms with Gasteiger partial charge in [0.1, 0.15) is 11.5 Å². The van der Waals surface area contributed by atoms with Gasteiger partial charge >= 0.3 is 6.36 Å². The fourth-order valence-electron chi connectivity index (χ4n) is 1.45. The normalized spacial score (nSPS) is 11.4. The van der Waals surface area contributed by atoms with Crippen molar-refractivity contribution in [3.63, 3.8) is 0 Å². The zero-order valence-electron chi connectivity index (χ0n) is 9.80. The van der Waals surface area contributed by atoms with Gasteiger partial charge in [0.2, 0.25) is 0 Å². The monoisotopic (exact) mass is 461 g/mol. The van der Waals surface area contributed by atoms with Crippen molar-refractivity contribution < 1.29 is 22.3 Å². The Bertz CT molecular complexity index is 601. The molecule has 1 aromatic carbocycles. The molecule has 0 aliphatic carbocycles. The Kier molecular flexibility index (Phi) is 4.84. The fourth-order valence-corrected chi connectivity index (χ4v) is 2.38. The predicted octanol–water partition coefficient (Wildman–Crippen LogP) is 5.16. The Hall–Kier alpha value is -0.900. The average molecular weight is 462 g/mol. The molecule has 1 heterocycles. The van der Waals surface area contributed by atoms with E-state index in [2.05, 4.69) is 48.6 Å². The summed E-state index contributed by atoms with van der Waals surface area (Å²) in [5, 5.41) is 3.04. The number of rotatable bonds is 4. The van der Waals surface area contributed by atoms with E-state index >= 15 is 0 Å². The Morgan fingerprint density at radius 3 is 2.55 bits per heavy atom. The van der Waals surface area contributed by atoms with E-state index in [0.717, 1.165) is 9.53 Å². The van der Waals surface area contributed by atoms with Gasteiger partial charge < -0.3 is 14.5 Å². The molecule has 3 nitrogen and oxygen atoms in total. The first-order valence-electron chi connectivity index (χ1n) is 5.37. The van der Waals surface area contributed by atoms with Crippen LogP contribution in [0.2, 0.25) is 0 Å². The molecule has 0 bridgehead atoms. The summed E-state index contributed by atoms with van der Waals surface area (Å²) in [7, 11) is 0. The smallest absolute Gasteiger partial charge is 0.454 e. The Morgan fingerprint density at radius 2 is 2.00 bits per heavy atom. The molecule has 0 aliphatic heterocycles. The molecule has 2 rings (SSSR count). The van der Waals surface area contributed by atoms with Crippen molar-refractivity contribution in [2.75, 3.05) is 5.32 Å². The number of hydrogen-bond donors (Lipinski definition) is 1. The zero-order valence-corrected chi connectivity index (χ0v) is 13.5. The number of anilines is 1. The van der Waals surface area contributed by atoms with Crippen molar-refractivity contribution in [1.82, 2.24) is 0 Å². The molecule has 0 atom stereocenters. The number of hydrogen-bond acceptors (Lipinski definition) is 3. The predicted molar refractivity (Wildman–Crippen MR) is 79.6 cm³/mol. The molecule has 20 heavy (non-hydrogen) atoms. The van der Waals surface area contributed by atoms with Crippen molar-refractivity contribution in [2.45, 2.75) is 12.9 Å². The molecule has 0 spiro atoms. The Morgan fingerprint density at radius 1 is 1.25 bits per heavy atom. The third kappa shape index (κ3) is 4.58. The molecule has 8 heteroatoms. The van der Waals surface area contributed by atoms with Gasteiger partial charge in [-0.2, -0.15) is 0 Å². The van der Waals surface area contributed by atoms with E-state index in [1.807, 2.05) is 12.1 Å². The number of halogens is 5. The maximum Gasteiger partial charge on any atom is 0.573 e. The van der Waals surface area contributed by atoms with Crippen LogP contribution in [0.3, 0.4) is 0 Å². The van der Waals surface area contributed by atoms with Crippen LogP contribution < -0.4 is 10.1 Å². The molecule has 1 N–H and O–H groups in total. The first-order chi connectivity index (χ1) is 9.33. The highest BCUT2D eigenvalue weighted by Gasteiger charge is 2.31. The van der Waals surface area contributed by atoms with Gasteiger partial charge in [-0.05, 0) is 68.9 Å². The van der Waals surface area contributed by atoms with Crippen LogP contribution in [0.4, 0.5) is 18.9 Å². The van der Waals surface area contributed by atoms with Crippen LogP contribution in [0.1, 0.15) is 5.76 Å². The van der Waals surface area contributed by atoms with Crippen LogP contribution in [0.15, 0.2) is 39.2 Å². The quantitative estimate of drug-likeness (QED) is 0.639. The van der Waals surface area contributed by atoms with Gasteiger partial charge in [-0.3, -0.25) is 0 Å². The first-order valence-corrected chi connectivity index (χ1v) is 7.24. The van der Waals surface area contributed by atoms with E-state index in [4.69, 9.17) is 4.42 Å². The third-order valence-corrected chi connectivity index (χ3v) is 3.45. The summed E-state index contributed by atoms with van der Waals surface area (Å²) in [6, 6.07) is 7.90. The lowest BCUT2D eigenvalue weighted by molar-refractivity contribution is -0.274. The summed E-state index contributed by atoms with van der Waals surface area (Å²) < 4.78 is 46.6. The van der Waals surface area contributed by atoms with E-state index in [9.17, 15) is 13.2 Å². The van der Waals surface area contributed by atoms with Gasteiger partial charge in [0.15, 0.2) is 3.77 Å². The van der Waals surface area contributed by atoms with Crippen LogP contribution in [0.25, 0.3) is 0 Å². The second-order valence-corrected chi connectivity index (χ2v) is 5.67. The van der Waals surface area contributed by atoms with Gasteiger partial charge in [-0.25, -0.2) is 0 Å². The molecule has 0 radical (unpaired) electrons. The largest absolute Gasteiger partial charge is 0.573 e. The molecular weight excluding hydrogens is 454 g/mol. The number of alkyl halides is 3. The van der Waals surface area contributed by atoms with E-state index < -0.39 is 6.36 Å². The van der Waals surface area contributed by atoms with Gasteiger partial charge in [-0.1, -0.05) is 0 Å². The zero-order chi connectivity index (χ0) is 14.8. The van der Waals surface area contributed by atoms with E-state index in [-0.39, 0.29) is 10.2 Å². The molecule has 0 saturated heterocycles. The molecule has 2 aromatic rings. The maximum atomic E-state index is 12.1. The molecule has 0 aliphatic rings. The van der Waals surface area contributed by atoms with Crippen LogP contribution in [-0.2, 0) is 6.54 Å². The van der Waals surface area contributed by atoms with Gasteiger partial charge in [0.25, 0.3) is 0 Å². The van der Waals surface area contributed by atoms with Crippen molar-refractivity contribution in [1.29, 1.82) is 0 Å². The molecule has 1 aromatic heterocycles. The highest BCUT2D eigenvalue weighted by molar-refractivity contribution is 14.1. The lowest BCUT2D eigenvalue weighted by atomic mass is 10.3. The summed E-state index contributed by atoms with van der Waals surface area (Å²) in [5.74, 6) is 0.455. The topological polar surface area (TPSA) is 34.4 Å². The third-order valence-electron chi connectivity index (χ3n) is 2.25. The number of benzene rings is 1. The number of furan rings is 1. The first kappa shape index (κ1) is 15.5. The number of nitrogens with one attached hydrogen (secondary N) is 1. The van der Waals surface area contributed by atoms with E-state index in [1.165, 1.54) is 18.2 Å². The van der Waals surface area contributed by atoms with Crippen LogP contribution in [0, 0.1) is 3.77 Å². The molecule has 108 valence electrons. The van der Waals surface area contributed by atoms with Crippen LogP contribution >= 0.6 is 38.5 Å². The minimum Gasteiger partial charge on any atom is -0.454 e. The van der Waals surface area contributed by atoms with Gasteiger partial charge in [0, 0.05) is 5.69 Å². The van der Waals surface area contributed by atoms with E-state index in [0.29, 0.717) is 12.2 Å². The summed E-state index contributed by atoms with van der Waals surface area (Å²) in [5.41, 5.74) is 0.651. The molecule has 0 fully saturated rings. The van der Waals surface area contributed by atoms with Crippen molar-refractivity contribution in [3.8, 4) is 5.75 Å². The molecule has 0 amide bonds. The van der Waals surface area contributed by atoms with Crippen molar-refractivity contribution >= 4 is 44.2 Å². The second kappa shape index (κ2) is 6.25. The van der Waals surface area contributed by atoms with E-state index in [1.54, 1.807) is 0 Å². The summed E-state index contributed by atoms with van der Waals surface area (Å²) >= 11 is 5.09. The SMILES string of the molecule is FC(F)(F)Oc1ccc(NCc2ccc(I)o2)cc1Br. The molecule has 0 unspecified atom stereocenters. The highest BCUT2D eigenvalue weighted by atomic mass is 127.